The summed E-state index contributed by atoms with van der Waals surface area (Å²) in [7, 11) is 0. The second kappa shape index (κ2) is 3.80. The number of hydrogen-bond acceptors (Lipinski definition) is 1. The number of allylic oxidation sites excluding steroid dienone is 2. The first-order valence-electron chi connectivity index (χ1n) is 5.65. The predicted octanol–water partition coefficient (Wildman–Crippen LogP) is 3.97. The molecule has 1 atom stereocenters. The van der Waals surface area contributed by atoms with Gasteiger partial charge in [-0.25, -0.2) is 0 Å². The van der Waals surface area contributed by atoms with Gasteiger partial charge in [0.05, 0.1) is 17.4 Å². The summed E-state index contributed by atoms with van der Waals surface area (Å²) >= 11 is 0. The van der Waals surface area contributed by atoms with Crippen LogP contribution in [0.3, 0.4) is 0 Å². The molecule has 2 aliphatic carbocycles. The molecule has 88 valence electrons. The van der Waals surface area contributed by atoms with Gasteiger partial charge < -0.3 is 0 Å². The summed E-state index contributed by atoms with van der Waals surface area (Å²) < 4.78 is 37.3. The van der Waals surface area contributed by atoms with E-state index in [1.165, 1.54) is 0 Å². The van der Waals surface area contributed by atoms with E-state index in [1.807, 2.05) is 0 Å². The van der Waals surface area contributed by atoms with Crippen molar-refractivity contribution in [3.63, 3.8) is 0 Å². The summed E-state index contributed by atoms with van der Waals surface area (Å²) in [5.74, 6) is -1.20. The Morgan fingerprint density at radius 1 is 1.38 bits per heavy atom. The van der Waals surface area contributed by atoms with E-state index in [0.29, 0.717) is 6.42 Å². The van der Waals surface area contributed by atoms with Gasteiger partial charge in [-0.15, -0.1) is 0 Å². The van der Waals surface area contributed by atoms with Gasteiger partial charge in [0.15, 0.2) is 0 Å². The SMILES string of the molecule is N#CC1(C2=CC[C@@H](C(F)(F)F)CC2)CCC1. The molecule has 0 unspecified atom stereocenters. The summed E-state index contributed by atoms with van der Waals surface area (Å²) in [6.45, 7) is 0. The minimum atomic E-state index is -4.08. The molecule has 0 radical (unpaired) electrons. The van der Waals surface area contributed by atoms with Crippen molar-refractivity contribution in [2.45, 2.75) is 44.7 Å². The largest absolute Gasteiger partial charge is 0.392 e. The van der Waals surface area contributed by atoms with Gasteiger partial charge in [0.2, 0.25) is 0 Å². The monoisotopic (exact) mass is 229 g/mol. The molecule has 0 aliphatic heterocycles. The minimum Gasteiger partial charge on any atom is -0.197 e. The standard InChI is InChI=1S/C12H14F3N/c13-12(14,15)10-4-2-9(3-5-10)11(8-16)6-1-7-11/h2,10H,1,3-7H2/t10-/m1/s1. The normalized spacial score (nSPS) is 28.9. The van der Waals surface area contributed by atoms with E-state index < -0.39 is 17.5 Å². The lowest BCUT2D eigenvalue weighted by Gasteiger charge is -2.40. The Balaban J connectivity index is 2.07. The molecule has 1 saturated carbocycles. The van der Waals surface area contributed by atoms with Crippen LogP contribution in [0.4, 0.5) is 13.2 Å². The highest BCUT2D eigenvalue weighted by atomic mass is 19.4. The predicted molar refractivity (Wildman–Crippen MR) is 53.4 cm³/mol. The summed E-state index contributed by atoms with van der Waals surface area (Å²) in [4.78, 5) is 0. The van der Waals surface area contributed by atoms with E-state index in [9.17, 15) is 13.2 Å². The van der Waals surface area contributed by atoms with Crippen LogP contribution in [0.25, 0.3) is 0 Å². The van der Waals surface area contributed by atoms with Crippen molar-refractivity contribution in [1.82, 2.24) is 0 Å². The Bertz CT molecular complexity index is 344. The zero-order chi connectivity index (χ0) is 11.8. The van der Waals surface area contributed by atoms with Crippen LogP contribution in [-0.4, -0.2) is 6.18 Å². The second-order valence-corrected chi connectivity index (χ2v) is 4.79. The highest BCUT2D eigenvalue weighted by molar-refractivity contribution is 5.28. The Hall–Kier alpha value is -0.980. The smallest absolute Gasteiger partial charge is 0.197 e. The molecule has 0 amide bonds. The number of rotatable bonds is 1. The van der Waals surface area contributed by atoms with Crippen molar-refractivity contribution >= 4 is 0 Å². The Morgan fingerprint density at radius 3 is 2.38 bits per heavy atom. The molecule has 0 bridgehead atoms. The summed E-state index contributed by atoms with van der Waals surface area (Å²) in [5, 5.41) is 9.10. The van der Waals surface area contributed by atoms with Gasteiger partial charge in [-0.05, 0) is 38.5 Å². The summed E-state index contributed by atoms with van der Waals surface area (Å²) in [6.07, 6.45) is 0.913. The topological polar surface area (TPSA) is 23.8 Å². The molecule has 2 aliphatic rings. The van der Waals surface area contributed by atoms with Crippen molar-refractivity contribution in [3.8, 4) is 6.07 Å². The quantitative estimate of drug-likeness (QED) is 0.624. The summed E-state index contributed by atoms with van der Waals surface area (Å²) in [6, 6.07) is 2.29. The van der Waals surface area contributed by atoms with E-state index in [0.717, 1.165) is 24.8 Å². The molecule has 1 nitrogen and oxygen atoms in total. The minimum absolute atomic E-state index is 0.0578. The molecule has 0 saturated heterocycles. The third-order valence-electron chi connectivity index (χ3n) is 3.91. The maximum atomic E-state index is 12.4. The maximum absolute atomic E-state index is 12.4. The van der Waals surface area contributed by atoms with E-state index in [1.54, 1.807) is 6.08 Å². The Kier molecular flexibility index (Phi) is 2.73. The Labute approximate surface area is 92.9 Å². The molecule has 0 aromatic carbocycles. The lowest BCUT2D eigenvalue weighted by Crippen LogP contribution is -2.33. The zero-order valence-electron chi connectivity index (χ0n) is 8.98. The number of halogens is 3. The van der Waals surface area contributed by atoms with E-state index in [-0.39, 0.29) is 12.8 Å². The number of hydrogen-bond donors (Lipinski definition) is 0. The molecule has 0 spiro atoms. The van der Waals surface area contributed by atoms with Gasteiger partial charge in [0.25, 0.3) is 0 Å². The van der Waals surface area contributed by atoms with E-state index in [2.05, 4.69) is 6.07 Å². The van der Waals surface area contributed by atoms with Crippen LogP contribution < -0.4 is 0 Å². The fraction of sp³-hybridized carbons (Fsp3) is 0.750. The molecule has 4 heteroatoms. The number of nitriles is 1. The molecule has 2 rings (SSSR count). The van der Waals surface area contributed by atoms with Gasteiger partial charge in [-0.2, -0.15) is 18.4 Å². The first kappa shape index (κ1) is 11.5. The van der Waals surface area contributed by atoms with Crippen LogP contribution in [0.5, 0.6) is 0 Å². The third kappa shape index (κ3) is 1.83. The Morgan fingerprint density at radius 2 is 2.06 bits per heavy atom. The van der Waals surface area contributed by atoms with E-state index >= 15 is 0 Å². The van der Waals surface area contributed by atoms with Crippen molar-refractivity contribution in [2.24, 2.45) is 11.3 Å². The van der Waals surface area contributed by atoms with Crippen LogP contribution in [0.15, 0.2) is 11.6 Å². The van der Waals surface area contributed by atoms with E-state index in [4.69, 9.17) is 5.26 Å². The van der Waals surface area contributed by atoms with Gasteiger partial charge in [-0.1, -0.05) is 11.6 Å². The van der Waals surface area contributed by atoms with Gasteiger partial charge in [-0.3, -0.25) is 0 Å². The molecule has 0 aromatic heterocycles. The molecule has 0 heterocycles. The maximum Gasteiger partial charge on any atom is 0.392 e. The molecule has 0 aromatic rings. The number of alkyl halides is 3. The van der Waals surface area contributed by atoms with Gasteiger partial charge >= 0.3 is 6.18 Å². The summed E-state index contributed by atoms with van der Waals surface area (Å²) in [5.41, 5.74) is 0.554. The lowest BCUT2D eigenvalue weighted by molar-refractivity contribution is -0.176. The van der Waals surface area contributed by atoms with Gasteiger partial charge in [0, 0.05) is 0 Å². The van der Waals surface area contributed by atoms with Crippen molar-refractivity contribution in [2.75, 3.05) is 0 Å². The molecule has 1 fully saturated rings. The fourth-order valence-corrected chi connectivity index (χ4v) is 2.60. The molecular formula is C12H14F3N. The lowest BCUT2D eigenvalue weighted by atomic mass is 9.62. The van der Waals surface area contributed by atoms with Crippen LogP contribution in [-0.2, 0) is 0 Å². The first-order valence-corrected chi connectivity index (χ1v) is 5.65. The van der Waals surface area contributed by atoms with Crippen molar-refractivity contribution in [1.29, 1.82) is 5.26 Å². The van der Waals surface area contributed by atoms with Crippen molar-refractivity contribution in [3.05, 3.63) is 11.6 Å². The zero-order valence-corrected chi connectivity index (χ0v) is 8.98. The van der Waals surface area contributed by atoms with Crippen LogP contribution in [0.1, 0.15) is 38.5 Å². The first-order chi connectivity index (χ1) is 7.48. The van der Waals surface area contributed by atoms with Gasteiger partial charge in [0.1, 0.15) is 0 Å². The molecule has 0 N–H and O–H groups in total. The fourth-order valence-electron chi connectivity index (χ4n) is 2.60. The van der Waals surface area contributed by atoms with Crippen LogP contribution >= 0.6 is 0 Å². The third-order valence-corrected chi connectivity index (χ3v) is 3.91. The average molecular weight is 229 g/mol. The van der Waals surface area contributed by atoms with Crippen LogP contribution in [0.2, 0.25) is 0 Å². The molecular weight excluding hydrogens is 215 g/mol. The number of nitrogens with zero attached hydrogens (tertiary/aromatic N) is 1. The average Bonchev–Trinajstić information content (AvgIpc) is 2.16. The molecule has 16 heavy (non-hydrogen) atoms. The highest BCUT2D eigenvalue weighted by Crippen LogP contribution is 2.51. The second-order valence-electron chi connectivity index (χ2n) is 4.79. The van der Waals surface area contributed by atoms with Crippen molar-refractivity contribution < 1.29 is 13.2 Å². The highest BCUT2D eigenvalue weighted by Gasteiger charge is 2.45. The van der Waals surface area contributed by atoms with Crippen LogP contribution in [0, 0.1) is 22.7 Å².